The lowest BCUT2D eigenvalue weighted by molar-refractivity contribution is -0.145. The predicted octanol–water partition coefficient (Wildman–Crippen LogP) is 2.70. The van der Waals surface area contributed by atoms with Crippen LogP contribution in [0.1, 0.15) is 32.3 Å². The number of hydrogen-bond acceptors (Lipinski definition) is 4. The summed E-state index contributed by atoms with van der Waals surface area (Å²) in [5, 5.41) is 3.19. The van der Waals surface area contributed by atoms with Crippen LogP contribution < -0.4 is 10.1 Å². The predicted molar refractivity (Wildman–Crippen MR) is 80.0 cm³/mol. The fraction of sp³-hybridized carbons (Fsp3) is 0.562. The van der Waals surface area contributed by atoms with Crippen molar-refractivity contribution in [3.63, 3.8) is 0 Å². The molecule has 1 atom stereocenters. The average Bonchev–Trinajstić information content (AvgIpc) is 2.42. The number of esters is 1. The van der Waals surface area contributed by atoms with Gasteiger partial charge in [0.05, 0.1) is 6.61 Å². The van der Waals surface area contributed by atoms with Gasteiger partial charge in [0.1, 0.15) is 18.4 Å². The van der Waals surface area contributed by atoms with Crippen LogP contribution in [0.5, 0.6) is 5.75 Å². The zero-order valence-corrected chi connectivity index (χ0v) is 12.6. The first-order valence-electron chi connectivity index (χ1n) is 7.26. The average molecular weight is 279 g/mol. The van der Waals surface area contributed by atoms with Gasteiger partial charge < -0.3 is 14.8 Å². The van der Waals surface area contributed by atoms with Crippen molar-refractivity contribution >= 4 is 5.97 Å². The third-order valence-corrected chi connectivity index (χ3v) is 2.90. The molecule has 0 fully saturated rings. The summed E-state index contributed by atoms with van der Waals surface area (Å²) >= 11 is 0. The second kappa shape index (κ2) is 9.37. The molecule has 1 aromatic rings. The van der Waals surface area contributed by atoms with E-state index in [4.69, 9.17) is 9.47 Å². The minimum atomic E-state index is -0.235. The van der Waals surface area contributed by atoms with Gasteiger partial charge in [-0.25, -0.2) is 0 Å². The zero-order valence-electron chi connectivity index (χ0n) is 12.6. The van der Waals surface area contributed by atoms with Gasteiger partial charge in [0, 0.05) is 6.54 Å². The number of benzene rings is 1. The number of rotatable bonds is 9. The molecule has 4 heteroatoms. The maximum Gasteiger partial charge on any atom is 0.323 e. The quantitative estimate of drug-likeness (QED) is 0.558. The van der Waals surface area contributed by atoms with Crippen molar-refractivity contribution in [2.45, 2.75) is 39.7 Å². The lowest BCUT2D eigenvalue weighted by Crippen LogP contribution is -2.40. The number of aryl methyl sites for hydroxylation is 1. The van der Waals surface area contributed by atoms with Crippen molar-refractivity contribution in [2.24, 2.45) is 0 Å². The second-order valence-corrected chi connectivity index (χ2v) is 4.71. The van der Waals surface area contributed by atoms with Gasteiger partial charge in [0.15, 0.2) is 0 Å². The zero-order chi connectivity index (χ0) is 14.8. The lowest BCUT2D eigenvalue weighted by Gasteiger charge is -2.16. The van der Waals surface area contributed by atoms with Crippen LogP contribution in [0.4, 0.5) is 0 Å². The Balaban J connectivity index is 2.31. The number of carbonyl (C=O) groups excluding carboxylic acids is 1. The Hall–Kier alpha value is -1.55. The van der Waals surface area contributed by atoms with Crippen LogP contribution in [0, 0.1) is 6.92 Å². The van der Waals surface area contributed by atoms with Gasteiger partial charge in [-0.05, 0) is 38.0 Å². The van der Waals surface area contributed by atoms with Gasteiger partial charge in [-0.3, -0.25) is 4.79 Å². The van der Waals surface area contributed by atoms with Crippen LogP contribution in [-0.2, 0) is 9.53 Å². The van der Waals surface area contributed by atoms with E-state index >= 15 is 0 Å². The minimum absolute atomic E-state index is 0.176. The maximum atomic E-state index is 11.7. The summed E-state index contributed by atoms with van der Waals surface area (Å²) in [4.78, 5) is 11.7. The van der Waals surface area contributed by atoms with Gasteiger partial charge in [0.25, 0.3) is 0 Å². The molecule has 0 aliphatic heterocycles. The van der Waals surface area contributed by atoms with Crippen LogP contribution in [-0.4, -0.2) is 31.8 Å². The van der Waals surface area contributed by atoms with E-state index in [0.29, 0.717) is 19.8 Å². The highest BCUT2D eigenvalue weighted by Crippen LogP contribution is 2.11. The first-order valence-corrected chi connectivity index (χ1v) is 7.26. The Labute approximate surface area is 121 Å². The summed E-state index contributed by atoms with van der Waals surface area (Å²) in [5.74, 6) is 0.680. The van der Waals surface area contributed by atoms with Gasteiger partial charge in [-0.15, -0.1) is 0 Å². The van der Waals surface area contributed by atoms with Crippen LogP contribution in [0.3, 0.4) is 0 Å². The third kappa shape index (κ3) is 6.06. The van der Waals surface area contributed by atoms with E-state index in [1.807, 2.05) is 38.1 Å². The van der Waals surface area contributed by atoms with Crippen molar-refractivity contribution in [1.82, 2.24) is 5.32 Å². The topological polar surface area (TPSA) is 47.6 Å². The summed E-state index contributed by atoms with van der Waals surface area (Å²) in [6, 6.07) is 7.69. The van der Waals surface area contributed by atoms with Crippen molar-refractivity contribution < 1.29 is 14.3 Å². The highest BCUT2D eigenvalue weighted by Gasteiger charge is 2.17. The van der Waals surface area contributed by atoms with E-state index in [9.17, 15) is 4.79 Å². The molecule has 1 aromatic carbocycles. The normalized spacial score (nSPS) is 11.9. The summed E-state index contributed by atoms with van der Waals surface area (Å²) < 4.78 is 10.7. The minimum Gasteiger partial charge on any atom is -0.492 e. The van der Waals surface area contributed by atoms with Crippen molar-refractivity contribution in [1.29, 1.82) is 0 Å². The molecule has 1 rings (SSSR count). The number of ether oxygens (including phenoxy) is 2. The van der Waals surface area contributed by atoms with E-state index in [1.165, 1.54) is 5.56 Å². The summed E-state index contributed by atoms with van der Waals surface area (Å²) in [7, 11) is 0. The molecule has 0 aromatic heterocycles. The maximum absolute atomic E-state index is 11.7. The van der Waals surface area contributed by atoms with E-state index in [0.717, 1.165) is 18.6 Å². The summed E-state index contributed by atoms with van der Waals surface area (Å²) in [5.41, 5.74) is 1.17. The summed E-state index contributed by atoms with van der Waals surface area (Å²) in [6.45, 7) is 7.48. The molecule has 1 unspecified atom stereocenters. The highest BCUT2D eigenvalue weighted by molar-refractivity contribution is 5.75. The molecule has 0 heterocycles. The Morgan fingerprint density at radius 1 is 1.35 bits per heavy atom. The summed E-state index contributed by atoms with van der Waals surface area (Å²) in [6.07, 6.45) is 1.72. The molecule has 0 aliphatic carbocycles. The molecule has 0 bridgehead atoms. The Morgan fingerprint density at radius 3 is 2.80 bits per heavy atom. The standard InChI is InChI=1S/C16H25NO3/c1-4-7-15(16(18)19-5-2)17-10-11-20-14-9-6-8-13(3)12-14/h6,8-9,12,15,17H,4-5,7,10-11H2,1-3H3. The molecule has 0 saturated carbocycles. The van der Waals surface area contributed by atoms with Gasteiger partial charge in [-0.2, -0.15) is 0 Å². The fourth-order valence-electron chi connectivity index (χ4n) is 1.94. The van der Waals surface area contributed by atoms with Crippen molar-refractivity contribution in [2.75, 3.05) is 19.8 Å². The SMILES string of the molecule is CCCC(NCCOc1cccc(C)c1)C(=O)OCC. The van der Waals surface area contributed by atoms with Gasteiger partial charge >= 0.3 is 5.97 Å². The van der Waals surface area contributed by atoms with Crippen LogP contribution in [0.25, 0.3) is 0 Å². The van der Waals surface area contributed by atoms with Crippen molar-refractivity contribution in [3.05, 3.63) is 29.8 Å². The molecule has 112 valence electrons. The van der Waals surface area contributed by atoms with Crippen LogP contribution in [0.15, 0.2) is 24.3 Å². The third-order valence-electron chi connectivity index (χ3n) is 2.90. The highest BCUT2D eigenvalue weighted by atomic mass is 16.5. The molecular formula is C16H25NO3. The van der Waals surface area contributed by atoms with Crippen molar-refractivity contribution in [3.8, 4) is 5.75 Å². The molecule has 1 N–H and O–H groups in total. The molecular weight excluding hydrogens is 254 g/mol. The van der Waals surface area contributed by atoms with Gasteiger partial charge in [-0.1, -0.05) is 25.5 Å². The number of nitrogens with one attached hydrogen (secondary N) is 1. The van der Waals surface area contributed by atoms with E-state index in [2.05, 4.69) is 12.2 Å². The van der Waals surface area contributed by atoms with Gasteiger partial charge in [0.2, 0.25) is 0 Å². The molecule has 0 aliphatic rings. The fourth-order valence-corrected chi connectivity index (χ4v) is 1.94. The monoisotopic (exact) mass is 279 g/mol. The Kier molecular flexibility index (Phi) is 7.73. The molecule has 0 amide bonds. The molecule has 4 nitrogen and oxygen atoms in total. The molecule has 20 heavy (non-hydrogen) atoms. The van der Waals surface area contributed by atoms with E-state index in [1.54, 1.807) is 0 Å². The number of carbonyl (C=O) groups is 1. The lowest BCUT2D eigenvalue weighted by atomic mass is 10.1. The van der Waals surface area contributed by atoms with E-state index < -0.39 is 0 Å². The molecule has 0 radical (unpaired) electrons. The smallest absolute Gasteiger partial charge is 0.323 e. The van der Waals surface area contributed by atoms with Crippen LogP contribution >= 0.6 is 0 Å². The second-order valence-electron chi connectivity index (χ2n) is 4.71. The first-order chi connectivity index (χ1) is 9.67. The molecule has 0 saturated heterocycles. The first kappa shape index (κ1) is 16.5. The van der Waals surface area contributed by atoms with E-state index in [-0.39, 0.29) is 12.0 Å². The largest absolute Gasteiger partial charge is 0.492 e. The van der Waals surface area contributed by atoms with Crippen LogP contribution in [0.2, 0.25) is 0 Å². The Bertz CT molecular complexity index is 406. The number of hydrogen-bond donors (Lipinski definition) is 1. The molecule has 0 spiro atoms. The Morgan fingerprint density at radius 2 is 2.15 bits per heavy atom.